The summed E-state index contributed by atoms with van der Waals surface area (Å²) in [5, 5.41) is 11.3. The molecule has 1 aromatic heterocycles. The Labute approximate surface area is 75.6 Å². The minimum Gasteiger partial charge on any atom is -0.307 e. The highest BCUT2D eigenvalue weighted by atomic mass is 35.5. The minimum absolute atomic E-state index is 0. The van der Waals surface area contributed by atoms with E-state index in [2.05, 4.69) is 15.5 Å². The smallest absolute Gasteiger partial charge is 0.152 e. The van der Waals surface area contributed by atoms with E-state index in [0.717, 1.165) is 18.8 Å². The zero-order valence-corrected chi connectivity index (χ0v) is 7.24. The van der Waals surface area contributed by atoms with Crippen molar-refractivity contribution in [1.29, 1.82) is 0 Å². The molecule has 5 heteroatoms. The molecule has 0 bridgehead atoms. The number of aromatic nitrogens is 2. The second-order valence-electron chi connectivity index (χ2n) is 2.24. The molecule has 1 aliphatic rings. The van der Waals surface area contributed by atoms with Crippen molar-refractivity contribution in [3.63, 3.8) is 0 Å². The van der Waals surface area contributed by atoms with Crippen molar-refractivity contribution in [2.45, 2.75) is 13.1 Å². The van der Waals surface area contributed by atoms with Crippen LogP contribution in [0.2, 0.25) is 5.15 Å². The Morgan fingerprint density at radius 2 is 2.18 bits per heavy atom. The van der Waals surface area contributed by atoms with E-state index in [0.29, 0.717) is 5.15 Å². The van der Waals surface area contributed by atoms with Gasteiger partial charge in [-0.3, -0.25) is 0 Å². The molecule has 0 amide bonds. The number of halogens is 2. The van der Waals surface area contributed by atoms with Crippen molar-refractivity contribution in [3.05, 3.63) is 22.5 Å². The number of nitrogens with zero attached hydrogens (tertiary/aromatic N) is 2. The van der Waals surface area contributed by atoms with E-state index in [1.807, 2.05) is 6.07 Å². The standard InChI is InChI=1S/C6H6ClN3.ClH/c7-6-1-4-2-8-3-5(4)9-10-6;/h1,8H,2-3H2;1H. The molecule has 0 atom stereocenters. The van der Waals surface area contributed by atoms with Gasteiger partial charge < -0.3 is 5.32 Å². The molecular weight excluding hydrogens is 185 g/mol. The Kier molecular flexibility index (Phi) is 2.65. The van der Waals surface area contributed by atoms with Crippen LogP contribution in [0.3, 0.4) is 0 Å². The lowest BCUT2D eigenvalue weighted by Gasteiger charge is -1.92. The average molecular weight is 192 g/mol. The van der Waals surface area contributed by atoms with Gasteiger partial charge in [0.05, 0.1) is 5.69 Å². The van der Waals surface area contributed by atoms with Crippen LogP contribution in [-0.4, -0.2) is 10.2 Å². The van der Waals surface area contributed by atoms with Crippen LogP contribution in [0.25, 0.3) is 0 Å². The summed E-state index contributed by atoms with van der Waals surface area (Å²) in [5.41, 5.74) is 2.18. The number of nitrogens with one attached hydrogen (secondary N) is 1. The quantitative estimate of drug-likeness (QED) is 0.670. The highest BCUT2D eigenvalue weighted by Gasteiger charge is 2.11. The fourth-order valence-corrected chi connectivity index (χ4v) is 1.22. The Balaban J connectivity index is 0.000000605. The number of rotatable bonds is 0. The van der Waals surface area contributed by atoms with Crippen LogP contribution in [0, 0.1) is 0 Å². The summed E-state index contributed by atoms with van der Waals surface area (Å²) < 4.78 is 0. The molecule has 0 spiro atoms. The van der Waals surface area contributed by atoms with E-state index < -0.39 is 0 Å². The van der Waals surface area contributed by atoms with Crippen LogP contribution < -0.4 is 5.32 Å². The van der Waals surface area contributed by atoms with E-state index in [4.69, 9.17) is 11.6 Å². The van der Waals surface area contributed by atoms with Crippen LogP contribution in [0.1, 0.15) is 11.3 Å². The number of fused-ring (bicyclic) bond motifs is 1. The SMILES string of the molecule is Cl.Clc1cc2c(nn1)CNC2. The first-order valence-electron chi connectivity index (χ1n) is 3.08. The van der Waals surface area contributed by atoms with E-state index in [9.17, 15) is 0 Å². The lowest BCUT2D eigenvalue weighted by Crippen LogP contribution is -2.00. The highest BCUT2D eigenvalue weighted by molar-refractivity contribution is 6.29. The molecular formula is C6H7Cl2N3. The van der Waals surface area contributed by atoms with Crippen molar-refractivity contribution in [2.75, 3.05) is 0 Å². The van der Waals surface area contributed by atoms with E-state index in [1.54, 1.807) is 0 Å². The summed E-state index contributed by atoms with van der Waals surface area (Å²) in [6.07, 6.45) is 0. The van der Waals surface area contributed by atoms with Crippen molar-refractivity contribution in [1.82, 2.24) is 15.5 Å². The molecule has 2 heterocycles. The van der Waals surface area contributed by atoms with Gasteiger partial charge in [0.1, 0.15) is 0 Å². The molecule has 2 rings (SSSR count). The van der Waals surface area contributed by atoms with Gasteiger partial charge in [-0.05, 0) is 11.6 Å². The van der Waals surface area contributed by atoms with Crippen LogP contribution >= 0.6 is 24.0 Å². The number of hydrogen-bond acceptors (Lipinski definition) is 3. The van der Waals surface area contributed by atoms with Gasteiger partial charge in [-0.1, -0.05) is 11.6 Å². The lowest BCUT2D eigenvalue weighted by molar-refractivity contribution is 0.752. The Morgan fingerprint density at radius 3 is 3.00 bits per heavy atom. The van der Waals surface area contributed by atoms with Crippen LogP contribution in [0.5, 0.6) is 0 Å². The normalized spacial score (nSPS) is 13.9. The average Bonchev–Trinajstić information content (AvgIpc) is 2.33. The van der Waals surface area contributed by atoms with E-state index in [-0.39, 0.29) is 12.4 Å². The molecule has 0 fully saturated rings. The fourth-order valence-electron chi connectivity index (χ4n) is 1.05. The molecule has 1 N–H and O–H groups in total. The first-order chi connectivity index (χ1) is 4.86. The zero-order valence-electron chi connectivity index (χ0n) is 5.67. The molecule has 60 valence electrons. The van der Waals surface area contributed by atoms with Gasteiger partial charge in [-0.25, -0.2) is 0 Å². The maximum Gasteiger partial charge on any atom is 0.152 e. The number of hydrogen-bond donors (Lipinski definition) is 1. The second-order valence-corrected chi connectivity index (χ2v) is 2.63. The first-order valence-corrected chi connectivity index (χ1v) is 3.46. The molecule has 0 radical (unpaired) electrons. The van der Waals surface area contributed by atoms with Gasteiger partial charge in [0.25, 0.3) is 0 Å². The van der Waals surface area contributed by atoms with E-state index >= 15 is 0 Å². The van der Waals surface area contributed by atoms with E-state index in [1.165, 1.54) is 5.56 Å². The lowest BCUT2D eigenvalue weighted by atomic mass is 10.3. The Morgan fingerprint density at radius 1 is 1.36 bits per heavy atom. The van der Waals surface area contributed by atoms with Crippen molar-refractivity contribution in [2.24, 2.45) is 0 Å². The van der Waals surface area contributed by atoms with Gasteiger partial charge in [0.2, 0.25) is 0 Å². The highest BCUT2D eigenvalue weighted by Crippen LogP contribution is 2.14. The van der Waals surface area contributed by atoms with Crippen LogP contribution in [0.15, 0.2) is 6.07 Å². The molecule has 0 saturated heterocycles. The molecule has 0 unspecified atom stereocenters. The summed E-state index contributed by atoms with van der Waals surface area (Å²) >= 11 is 5.62. The summed E-state index contributed by atoms with van der Waals surface area (Å²) in [6, 6.07) is 1.85. The van der Waals surface area contributed by atoms with Gasteiger partial charge in [0.15, 0.2) is 5.15 Å². The molecule has 0 aromatic carbocycles. The maximum absolute atomic E-state index is 5.62. The first kappa shape index (κ1) is 8.71. The summed E-state index contributed by atoms with van der Waals surface area (Å²) in [6.45, 7) is 1.68. The molecule has 11 heavy (non-hydrogen) atoms. The second kappa shape index (κ2) is 3.34. The molecule has 0 aliphatic carbocycles. The third-order valence-corrected chi connectivity index (χ3v) is 1.72. The van der Waals surface area contributed by atoms with Gasteiger partial charge in [0, 0.05) is 13.1 Å². The van der Waals surface area contributed by atoms with Gasteiger partial charge >= 0.3 is 0 Å². The molecule has 0 saturated carbocycles. The molecule has 1 aromatic rings. The minimum atomic E-state index is 0. The predicted octanol–water partition coefficient (Wildman–Crippen LogP) is 1.15. The third kappa shape index (κ3) is 1.61. The Bertz CT molecular complexity index is 264. The van der Waals surface area contributed by atoms with Gasteiger partial charge in [-0.15, -0.1) is 17.5 Å². The predicted molar refractivity (Wildman–Crippen MR) is 44.8 cm³/mol. The summed E-state index contributed by atoms with van der Waals surface area (Å²) in [7, 11) is 0. The van der Waals surface area contributed by atoms with Crippen molar-refractivity contribution >= 4 is 24.0 Å². The molecule has 3 nitrogen and oxygen atoms in total. The Hall–Kier alpha value is -0.380. The third-order valence-electron chi connectivity index (χ3n) is 1.54. The largest absolute Gasteiger partial charge is 0.307 e. The zero-order chi connectivity index (χ0) is 6.97. The van der Waals surface area contributed by atoms with Crippen molar-refractivity contribution in [3.8, 4) is 0 Å². The van der Waals surface area contributed by atoms with Crippen molar-refractivity contribution < 1.29 is 0 Å². The summed E-state index contributed by atoms with van der Waals surface area (Å²) in [4.78, 5) is 0. The topological polar surface area (TPSA) is 37.8 Å². The van der Waals surface area contributed by atoms with Crippen LogP contribution in [-0.2, 0) is 13.1 Å². The molecule has 1 aliphatic heterocycles. The van der Waals surface area contributed by atoms with Gasteiger partial charge in [-0.2, -0.15) is 5.10 Å². The maximum atomic E-state index is 5.62. The monoisotopic (exact) mass is 191 g/mol. The van der Waals surface area contributed by atoms with Crippen LogP contribution in [0.4, 0.5) is 0 Å². The summed E-state index contributed by atoms with van der Waals surface area (Å²) in [5.74, 6) is 0. The fraction of sp³-hybridized carbons (Fsp3) is 0.333.